The zero-order valence-electron chi connectivity index (χ0n) is 9.89. The minimum Gasteiger partial charge on any atom is -0.393 e. The molecule has 16 heavy (non-hydrogen) atoms. The molecule has 4 nitrogen and oxygen atoms in total. The largest absolute Gasteiger partial charge is 0.393 e. The average Bonchev–Trinajstić information content (AvgIpc) is 2.70. The molecule has 0 aromatic carbocycles. The molecule has 1 aliphatic heterocycles. The number of ether oxygens (including phenoxy) is 1. The van der Waals surface area contributed by atoms with Crippen LogP contribution in [-0.4, -0.2) is 44.3 Å². The molecule has 1 heterocycles. The van der Waals surface area contributed by atoms with Crippen molar-refractivity contribution >= 4 is 9.84 Å². The van der Waals surface area contributed by atoms with Gasteiger partial charge in [0, 0.05) is 19.0 Å². The summed E-state index contributed by atoms with van der Waals surface area (Å²) in [5, 5.41) is 9.73. The smallest absolute Gasteiger partial charge is 0.150 e. The Morgan fingerprint density at radius 2 is 2.25 bits per heavy atom. The third-order valence-electron chi connectivity index (χ3n) is 3.06. The van der Waals surface area contributed by atoms with Crippen molar-refractivity contribution in [2.45, 2.75) is 38.7 Å². The van der Waals surface area contributed by atoms with Crippen LogP contribution in [0.5, 0.6) is 0 Å². The molecule has 1 N–H and O–H groups in total. The van der Waals surface area contributed by atoms with Crippen molar-refractivity contribution in [3.63, 3.8) is 0 Å². The van der Waals surface area contributed by atoms with Gasteiger partial charge < -0.3 is 9.84 Å². The summed E-state index contributed by atoms with van der Waals surface area (Å²) in [6, 6.07) is 0. The van der Waals surface area contributed by atoms with Gasteiger partial charge in [0.2, 0.25) is 0 Å². The van der Waals surface area contributed by atoms with E-state index in [1.807, 2.05) is 0 Å². The summed E-state index contributed by atoms with van der Waals surface area (Å²) in [6.07, 6.45) is 2.52. The van der Waals surface area contributed by atoms with Crippen LogP contribution in [0, 0.1) is 5.92 Å². The Morgan fingerprint density at radius 3 is 2.81 bits per heavy atom. The lowest BCUT2D eigenvalue weighted by atomic mass is 9.99. The van der Waals surface area contributed by atoms with Crippen LogP contribution in [0.1, 0.15) is 32.6 Å². The van der Waals surface area contributed by atoms with Crippen molar-refractivity contribution in [1.82, 2.24) is 0 Å². The van der Waals surface area contributed by atoms with E-state index in [1.54, 1.807) is 6.92 Å². The molecule has 1 rings (SSSR count). The van der Waals surface area contributed by atoms with Gasteiger partial charge in [-0.3, -0.25) is 0 Å². The maximum atomic E-state index is 11.2. The highest BCUT2D eigenvalue weighted by molar-refractivity contribution is 7.91. The molecule has 0 radical (unpaired) electrons. The van der Waals surface area contributed by atoms with Gasteiger partial charge in [-0.2, -0.15) is 0 Å². The molecule has 0 amide bonds. The minimum atomic E-state index is -2.88. The number of hydrogen-bond acceptors (Lipinski definition) is 4. The van der Waals surface area contributed by atoms with Crippen molar-refractivity contribution < 1.29 is 18.3 Å². The Labute approximate surface area is 97.9 Å². The van der Waals surface area contributed by atoms with Crippen LogP contribution in [0.2, 0.25) is 0 Å². The van der Waals surface area contributed by atoms with Crippen LogP contribution in [0.15, 0.2) is 0 Å². The first-order valence-corrected chi connectivity index (χ1v) is 7.82. The second-order valence-electron chi connectivity index (χ2n) is 4.50. The highest BCUT2D eigenvalue weighted by Gasteiger charge is 2.19. The van der Waals surface area contributed by atoms with Crippen molar-refractivity contribution in [2.24, 2.45) is 5.92 Å². The predicted octanol–water partition coefficient (Wildman–Crippen LogP) is 0.989. The van der Waals surface area contributed by atoms with Gasteiger partial charge in [-0.1, -0.05) is 6.92 Å². The summed E-state index contributed by atoms with van der Waals surface area (Å²) < 4.78 is 27.7. The first-order chi connectivity index (χ1) is 7.53. The van der Waals surface area contributed by atoms with Crippen molar-refractivity contribution in [3.8, 4) is 0 Å². The molecule has 0 saturated carbocycles. The van der Waals surface area contributed by atoms with Crippen LogP contribution in [0.25, 0.3) is 0 Å². The molecule has 5 heteroatoms. The van der Waals surface area contributed by atoms with E-state index < -0.39 is 9.84 Å². The normalized spacial score (nSPS) is 23.5. The van der Waals surface area contributed by atoms with Crippen LogP contribution in [-0.2, 0) is 14.6 Å². The monoisotopic (exact) mass is 250 g/mol. The topological polar surface area (TPSA) is 63.6 Å². The molecule has 2 unspecified atom stereocenters. The third-order valence-corrected chi connectivity index (χ3v) is 4.85. The molecule has 0 aliphatic carbocycles. The summed E-state index contributed by atoms with van der Waals surface area (Å²) in [5.41, 5.74) is 0. The van der Waals surface area contributed by atoms with Crippen LogP contribution < -0.4 is 0 Å². The Balaban J connectivity index is 2.12. The summed E-state index contributed by atoms with van der Waals surface area (Å²) in [5.74, 6) is 0.846. The van der Waals surface area contributed by atoms with Crippen molar-refractivity contribution in [3.05, 3.63) is 0 Å². The lowest BCUT2D eigenvalue weighted by molar-refractivity contribution is 0.121. The molecule has 1 fully saturated rings. The van der Waals surface area contributed by atoms with Crippen molar-refractivity contribution in [2.75, 3.05) is 24.7 Å². The van der Waals surface area contributed by atoms with Crippen molar-refractivity contribution in [1.29, 1.82) is 0 Å². The zero-order chi connectivity index (χ0) is 12.0. The number of hydrogen-bond donors (Lipinski definition) is 1. The summed E-state index contributed by atoms with van der Waals surface area (Å²) in [4.78, 5) is 0. The Bertz CT molecular complexity index is 280. The van der Waals surface area contributed by atoms with Gasteiger partial charge >= 0.3 is 0 Å². The fraction of sp³-hybridized carbons (Fsp3) is 1.00. The Morgan fingerprint density at radius 1 is 1.50 bits per heavy atom. The molecule has 0 aromatic rings. The second kappa shape index (κ2) is 6.57. The highest BCUT2D eigenvalue weighted by atomic mass is 32.2. The van der Waals surface area contributed by atoms with Crippen LogP contribution in [0.3, 0.4) is 0 Å². The van der Waals surface area contributed by atoms with E-state index in [2.05, 4.69) is 0 Å². The molecule has 0 aromatic heterocycles. The predicted molar refractivity (Wildman–Crippen MR) is 63.1 cm³/mol. The molecule has 0 bridgehead atoms. The van der Waals surface area contributed by atoms with Gasteiger partial charge in [-0.05, 0) is 31.6 Å². The number of aliphatic hydroxyl groups is 1. The summed E-state index contributed by atoms with van der Waals surface area (Å²) in [6.45, 7) is 3.19. The molecular formula is C11H22O4S. The first kappa shape index (κ1) is 13.9. The summed E-state index contributed by atoms with van der Waals surface area (Å²) in [7, 11) is -2.88. The maximum Gasteiger partial charge on any atom is 0.150 e. The van der Waals surface area contributed by atoms with Crippen LogP contribution >= 0.6 is 0 Å². The van der Waals surface area contributed by atoms with Gasteiger partial charge in [0.25, 0.3) is 0 Å². The Hall–Kier alpha value is -0.130. The standard InChI is InChI=1S/C11H22O4S/c1-2-16(13,14)7-3-4-11(12)8-10-5-6-15-9-10/h10-12H,2-9H2,1H3. The van der Waals surface area contributed by atoms with Gasteiger partial charge in [0.1, 0.15) is 9.84 Å². The molecule has 1 aliphatic rings. The Kier molecular flexibility index (Phi) is 5.72. The fourth-order valence-corrected chi connectivity index (χ4v) is 2.85. The number of sulfone groups is 1. The van der Waals surface area contributed by atoms with E-state index in [1.165, 1.54) is 0 Å². The summed E-state index contributed by atoms with van der Waals surface area (Å²) >= 11 is 0. The zero-order valence-corrected chi connectivity index (χ0v) is 10.7. The van der Waals surface area contributed by atoms with E-state index in [4.69, 9.17) is 4.74 Å². The van der Waals surface area contributed by atoms with Gasteiger partial charge in [-0.25, -0.2) is 8.42 Å². The van der Waals surface area contributed by atoms with E-state index in [9.17, 15) is 13.5 Å². The molecule has 1 saturated heterocycles. The molecule has 2 atom stereocenters. The van der Waals surface area contributed by atoms with E-state index in [0.717, 1.165) is 26.1 Å². The number of rotatable bonds is 7. The highest BCUT2D eigenvalue weighted by Crippen LogP contribution is 2.20. The molecular weight excluding hydrogens is 228 g/mol. The average molecular weight is 250 g/mol. The van der Waals surface area contributed by atoms with Gasteiger partial charge in [0.15, 0.2) is 0 Å². The third kappa shape index (κ3) is 5.27. The van der Waals surface area contributed by atoms with E-state index >= 15 is 0 Å². The van der Waals surface area contributed by atoms with Crippen LogP contribution in [0.4, 0.5) is 0 Å². The first-order valence-electron chi connectivity index (χ1n) is 5.99. The molecule has 0 spiro atoms. The maximum absolute atomic E-state index is 11.2. The quantitative estimate of drug-likeness (QED) is 0.732. The fourth-order valence-electron chi connectivity index (χ4n) is 1.96. The van der Waals surface area contributed by atoms with Gasteiger partial charge in [-0.15, -0.1) is 0 Å². The lowest BCUT2D eigenvalue weighted by Gasteiger charge is -2.13. The SMILES string of the molecule is CCS(=O)(=O)CCCC(O)CC1CCOC1. The van der Waals surface area contributed by atoms with E-state index in [-0.39, 0.29) is 17.6 Å². The lowest BCUT2D eigenvalue weighted by Crippen LogP contribution is -2.16. The second-order valence-corrected chi connectivity index (χ2v) is 6.97. The molecule has 96 valence electrons. The van der Waals surface area contributed by atoms with E-state index in [0.29, 0.717) is 18.8 Å². The minimum absolute atomic E-state index is 0.194. The number of aliphatic hydroxyl groups excluding tert-OH is 1. The van der Waals surface area contributed by atoms with Gasteiger partial charge in [0.05, 0.1) is 11.9 Å².